The van der Waals surface area contributed by atoms with Crippen LogP contribution in [0.2, 0.25) is 0 Å². The average molecular weight is 622 g/mol. The van der Waals surface area contributed by atoms with Crippen LogP contribution < -0.4 is 5.32 Å². The van der Waals surface area contributed by atoms with Crippen LogP contribution in [-0.2, 0) is 35.6 Å². The van der Waals surface area contributed by atoms with E-state index in [-0.39, 0.29) is 56.2 Å². The van der Waals surface area contributed by atoms with Crippen molar-refractivity contribution in [3.05, 3.63) is 108 Å². The minimum absolute atomic E-state index is 0.0746. The molecule has 0 unspecified atom stereocenters. The molecule has 11 nitrogen and oxygen atoms in total. The standard InChI is InChI=1S/C35H39N7O4/c1-3-17-38-24-37-33-27(11-8-12-29(33)38)21-39-22-31-41(30(34(39)45)19-25-13-15-28(43)16-14-25)32(44)23-40(18-4-2)42(31)35(46)36-20-26-9-6-5-7-10-26/h4-16,24,30-31,43H,2-3,17-23H2,1H3,(H,36,46)/t30-,31-/m0/s1. The van der Waals surface area contributed by atoms with Crippen molar-refractivity contribution in [1.82, 2.24) is 34.7 Å². The van der Waals surface area contributed by atoms with E-state index in [0.717, 1.165) is 40.7 Å². The van der Waals surface area contributed by atoms with Gasteiger partial charge in [0.1, 0.15) is 18.0 Å². The maximum absolute atomic E-state index is 14.3. The van der Waals surface area contributed by atoms with E-state index in [2.05, 4.69) is 23.4 Å². The van der Waals surface area contributed by atoms with Crippen molar-refractivity contribution in [3.8, 4) is 5.75 Å². The molecule has 2 N–H and O–H groups in total. The molecule has 46 heavy (non-hydrogen) atoms. The van der Waals surface area contributed by atoms with Crippen LogP contribution in [0.4, 0.5) is 4.79 Å². The van der Waals surface area contributed by atoms with Crippen LogP contribution in [0.15, 0.2) is 91.8 Å². The number of para-hydroxylation sites is 1. The van der Waals surface area contributed by atoms with Crippen LogP contribution in [0.5, 0.6) is 5.75 Å². The highest BCUT2D eigenvalue weighted by molar-refractivity contribution is 5.92. The lowest BCUT2D eigenvalue weighted by Gasteiger charge is -2.55. The number of phenolic OH excluding ortho intramolecular Hbond substituents is 1. The van der Waals surface area contributed by atoms with E-state index in [4.69, 9.17) is 4.98 Å². The van der Waals surface area contributed by atoms with Crippen molar-refractivity contribution in [2.75, 3.05) is 19.6 Å². The fourth-order valence-electron chi connectivity index (χ4n) is 6.45. The molecule has 0 radical (unpaired) electrons. The highest BCUT2D eigenvalue weighted by Gasteiger charge is 2.51. The molecule has 0 bridgehead atoms. The number of carbonyl (C=O) groups is 3. The zero-order valence-corrected chi connectivity index (χ0v) is 26.0. The van der Waals surface area contributed by atoms with Gasteiger partial charge in [-0.15, -0.1) is 6.58 Å². The van der Waals surface area contributed by atoms with Crippen LogP contribution in [0.3, 0.4) is 0 Å². The number of aryl methyl sites for hydroxylation is 1. The summed E-state index contributed by atoms with van der Waals surface area (Å²) in [5, 5.41) is 16.2. The van der Waals surface area contributed by atoms with Gasteiger partial charge >= 0.3 is 6.03 Å². The largest absolute Gasteiger partial charge is 0.508 e. The number of hydrazine groups is 1. The van der Waals surface area contributed by atoms with Crippen LogP contribution in [-0.4, -0.2) is 84.2 Å². The van der Waals surface area contributed by atoms with Crippen LogP contribution in [0, 0.1) is 0 Å². The number of amides is 4. The number of urea groups is 1. The number of aromatic nitrogens is 2. The van der Waals surface area contributed by atoms with Crippen LogP contribution in [0.25, 0.3) is 11.0 Å². The fraction of sp³-hybridized carbons (Fsp3) is 0.314. The first-order valence-corrected chi connectivity index (χ1v) is 15.6. The Labute approximate surface area is 268 Å². The van der Waals surface area contributed by atoms with Crippen LogP contribution >= 0.6 is 0 Å². The number of rotatable bonds is 10. The van der Waals surface area contributed by atoms with E-state index in [1.807, 2.05) is 54.9 Å². The summed E-state index contributed by atoms with van der Waals surface area (Å²) < 4.78 is 2.11. The fourth-order valence-corrected chi connectivity index (χ4v) is 6.45. The molecule has 11 heteroatoms. The van der Waals surface area contributed by atoms with Gasteiger partial charge in [0, 0.05) is 32.6 Å². The average Bonchev–Trinajstić information content (AvgIpc) is 3.47. The lowest BCUT2D eigenvalue weighted by molar-refractivity contribution is -0.189. The van der Waals surface area contributed by atoms with E-state index < -0.39 is 12.2 Å². The topological polar surface area (TPSA) is 114 Å². The van der Waals surface area contributed by atoms with E-state index in [0.29, 0.717) is 6.54 Å². The lowest BCUT2D eigenvalue weighted by Crippen LogP contribution is -2.76. The Hall–Kier alpha value is -5.16. The molecule has 2 aliphatic heterocycles. The molecule has 2 fully saturated rings. The highest BCUT2D eigenvalue weighted by Crippen LogP contribution is 2.30. The second-order valence-electron chi connectivity index (χ2n) is 11.7. The number of fused-ring (bicyclic) bond motifs is 2. The summed E-state index contributed by atoms with van der Waals surface area (Å²) in [4.78, 5) is 50.1. The molecule has 0 spiro atoms. The second kappa shape index (κ2) is 13.5. The number of hydrogen-bond donors (Lipinski definition) is 2. The zero-order valence-electron chi connectivity index (χ0n) is 26.0. The number of carbonyl (C=O) groups excluding carboxylic acids is 3. The second-order valence-corrected chi connectivity index (χ2v) is 11.7. The zero-order chi connectivity index (χ0) is 32.2. The van der Waals surface area contributed by atoms with Crippen LogP contribution in [0.1, 0.15) is 30.0 Å². The quantitative estimate of drug-likeness (QED) is 0.260. The number of nitrogens with one attached hydrogen (secondary N) is 1. The molecule has 3 aromatic carbocycles. The van der Waals surface area contributed by atoms with E-state index in [9.17, 15) is 19.5 Å². The molecule has 2 atom stereocenters. The van der Waals surface area contributed by atoms with Gasteiger partial charge in [-0.3, -0.25) is 9.59 Å². The number of phenols is 1. The molecule has 0 saturated carbocycles. The minimum atomic E-state index is -0.858. The van der Waals surface area contributed by atoms with Gasteiger partial charge in [-0.1, -0.05) is 67.6 Å². The van der Waals surface area contributed by atoms with Gasteiger partial charge in [-0.25, -0.2) is 19.8 Å². The normalized spacial score (nSPS) is 18.6. The molecule has 3 heterocycles. The smallest absolute Gasteiger partial charge is 0.334 e. The molecular weight excluding hydrogens is 582 g/mol. The Kier molecular flexibility index (Phi) is 9.02. The first kappa shape index (κ1) is 30.8. The van der Waals surface area contributed by atoms with Gasteiger partial charge in [-0.05, 0) is 41.3 Å². The highest BCUT2D eigenvalue weighted by atomic mass is 16.3. The van der Waals surface area contributed by atoms with E-state index >= 15 is 0 Å². The number of hydrogen-bond acceptors (Lipinski definition) is 6. The molecule has 4 amide bonds. The van der Waals surface area contributed by atoms with Crippen molar-refractivity contribution in [3.63, 3.8) is 0 Å². The Morgan fingerprint density at radius 1 is 1.04 bits per heavy atom. The van der Waals surface area contributed by atoms with Gasteiger partial charge in [0.2, 0.25) is 11.8 Å². The summed E-state index contributed by atoms with van der Waals surface area (Å²) in [5.41, 5.74) is 4.45. The van der Waals surface area contributed by atoms with Crippen molar-refractivity contribution in [2.45, 2.75) is 51.6 Å². The SMILES string of the molecule is C=CCN1CC(=O)N2[C@@H](Cc3ccc(O)cc3)C(=O)N(Cc3cccc4c3ncn4CCC)C[C@@H]2N1C(=O)NCc1ccccc1. The number of aromatic hydroxyl groups is 1. The van der Waals surface area contributed by atoms with Crippen molar-refractivity contribution in [2.24, 2.45) is 0 Å². The molecular formula is C35H39N7O4. The Morgan fingerprint density at radius 3 is 2.57 bits per heavy atom. The van der Waals surface area contributed by atoms with Crippen molar-refractivity contribution >= 4 is 28.9 Å². The Balaban J connectivity index is 1.36. The number of nitrogens with zero attached hydrogens (tertiary/aromatic N) is 6. The van der Waals surface area contributed by atoms with Gasteiger partial charge in [0.05, 0.1) is 30.5 Å². The maximum atomic E-state index is 14.3. The maximum Gasteiger partial charge on any atom is 0.334 e. The summed E-state index contributed by atoms with van der Waals surface area (Å²) in [6.45, 7) is 7.71. The Bertz CT molecular complexity index is 1720. The summed E-state index contributed by atoms with van der Waals surface area (Å²) in [6, 6.07) is 21.0. The number of imidazole rings is 1. The summed E-state index contributed by atoms with van der Waals surface area (Å²) >= 11 is 0. The molecule has 6 rings (SSSR count). The van der Waals surface area contributed by atoms with Gasteiger partial charge in [0.25, 0.3) is 0 Å². The van der Waals surface area contributed by atoms with Crippen molar-refractivity contribution in [1.29, 1.82) is 0 Å². The number of benzene rings is 3. The Morgan fingerprint density at radius 2 is 1.83 bits per heavy atom. The predicted molar refractivity (Wildman–Crippen MR) is 174 cm³/mol. The third-order valence-corrected chi connectivity index (χ3v) is 8.59. The third-order valence-electron chi connectivity index (χ3n) is 8.59. The van der Waals surface area contributed by atoms with Gasteiger partial charge < -0.3 is 24.8 Å². The molecule has 0 aliphatic carbocycles. The minimum Gasteiger partial charge on any atom is -0.508 e. The molecule has 1 aromatic heterocycles. The summed E-state index contributed by atoms with van der Waals surface area (Å²) in [6.07, 6.45) is 3.93. The van der Waals surface area contributed by atoms with E-state index in [1.165, 1.54) is 0 Å². The molecule has 2 aliphatic rings. The lowest BCUT2D eigenvalue weighted by atomic mass is 9.98. The summed E-state index contributed by atoms with van der Waals surface area (Å²) in [5.74, 6) is -0.329. The molecule has 2 saturated heterocycles. The van der Waals surface area contributed by atoms with E-state index in [1.54, 1.807) is 50.2 Å². The predicted octanol–water partition coefficient (Wildman–Crippen LogP) is 3.89. The molecule has 238 valence electrons. The number of piperazine rings is 1. The van der Waals surface area contributed by atoms with Crippen molar-refractivity contribution < 1.29 is 19.5 Å². The first-order valence-electron chi connectivity index (χ1n) is 15.6. The van der Waals surface area contributed by atoms with Gasteiger partial charge in [-0.2, -0.15) is 0 Å². The third kappa shape index (κ3) is 6.18. The molecule has 4 aromatic rings. The summed E-state index contributed by atoms with van der Waals surface area (Å²) in [7, 11) is 0. The van der Waals surface area contributed by atoms with Gasteiger partial charge in [0.15, 0.2) is 0 Å². The monoisotopic (exact) mass is 621 g/mol. The first-order chi connectivity index (χ1) is 22.4.